The number of hydrogen-bond donors (Lipinski definition) is 2. The number of urea groups is 1. The van der Waals surface area contributed by atoms with E-state index < -0.39 is 0 Å². The van der Waals surface area contributed by atoms with Crippen LogP contribution in [0.3, 0.4) is 0 Å². The summed E-state index contributed by atoms with van der Waals surface area (Å²) in [6, 6.07) is 18.0. The summed E-state index contributed by atoms with van der Waals surface area (Å²) in [5.41, 5.74) is 1.72. The molecule has 2 N–H and O–H groups in total. The normalized spacial score (nSPS) is 15.3. The van der Waals surface area contributed by atoms with Crippen LogP contribution >= 0.6 is 0 Å². The molecule has 0 aromatic heterocycles. The van der Waals surface area contributed by atoms with Crippen molar-refractivity contribution >= 4 is 23.3 Å². The van der Waals surface area contributed by atoms with Gasteiger partial charge in [-0.05, 0) is 31.2 Å². The molecule has 2 aromatic rings. The first-order valence-electron chi connectivity index (χ1n) is 7.99. The summed E-state index contributed by atoms with van der Waals surface area (Å²) in [5, 5.41) is 5.59. The maximum atomic E-state index is 12.5. The number of carbonyl (C=O) groups excluding carboxylic acids is 2. The molecule has 0 unspecified atom stereocenters. The number of para-hydroxylation sites is 2. The Hall–Kier alpha value is -3.28. The van der Waals surface area contributed by atoms with Crippen LogP contribution < -0.4 is 10.6 Å². The lowest BCUT2D eigenvalue weighted by Crippen LogP contribution is -2.33. The molecule has 2 aromatic carbocycles. The zero-order chi connectivity index (χ0) is 17.6. The number of nitrogens with one attached hydrogen (secondary N) is 2. The summed E-state index contributed by atoms with van der Waals surface area (Å²) < 4.78 is 5.53. The molecule has 0 spiro atoms. The lowest BCUT2D eigenvalue weighted by molar-refractivity contribution is -0.113. The predicted molar refractivity (Wildman–Crippen MR) is 95.9 cm³/mol. The number of hydrogen-bond acceptors (Lipinski definition) is 3. The lowest BCUT2D eigenvalue weighted by atomic mass is 10.2. The van der Waals surface area contributed by atoms with Gasteiger partial charge in [0.2, 0.25) is 5.88 Å². The maximum Gasteiger partial charge on any atom is 0.328 e. The fourth-order valence-electron chi connectivity index (χ4n) is 2.47. The SMILES string of the molecule is C/C(C(=O)Nc1ccccc1)=C1/OCCN1C(=O)Nc1ccccc1. The minimum atomic E-state index is -0.328. The third-order valence-electron chi connectivity index (χ3n) is 3.76. The molecule has 6 nitrogen and oxygen atoms in total. The molecule has 1 fully saturated rings. The third kappa shape index (κ3) is 3.98. The first-order chi connectivity index (χ1) is 12.1. The smallest absolute Gasteiger partial charge is 0.328 e. The van der Waals surface area contributed by atoms with Gasteiger partial charge in [-0.1, -0.05) is 36.4 Å². The van der Waals surface area contributed by atoms with Gasteiger partial charge in [-0.25, -0.2) is 4.79 Å². The van der Waals surface area contributed by atoms with Crippen LogP contribution in [-0.4, -0.2) is 30.0 Å². The van der Waals surface area contributed by atoms with Gasteiger partial charge in [-0.15, -0.1) is 0 Å². The quantitative estimate of drug-likeness (QED) is 0.843. The van der Waals surface area contributed by atoms with E-state index in [9.17, 15) is 9.59 Å². The highest BCUT2D eigenvalue weighted by Gasteiger charge is 2.29. The van der Waals surface area contributed by atoms with E-state index in [1.807, 2.05) is 36.4 Å². The van der Waals surface area contributed by atoms with Crippen molar-refractivity contribution in [2.24, 2.45) is 0 Å². The highest BCUT2D eigenvalue weighted by atomic mass is 16.5. The van der Waals surface area contributed by atoms with Crippen molar-refractivity contribution in [2.75, 3.05) is 23.8 Å². The van der Waals surface area contributed by atoms with E-state index in [1.165, 1.54) is 4.90 Å². The Balaban J connectivity index is 1.73. The second-order valence-electron chi connectivity index (χ2n) is 5.55. The summed E-state index contributed by atoms with van der Waals surface area (Å²) in [5.74, 6) is -0.0255. The minimum absolute atomic E-state index is 0.280. The number of anilines is 2. The van der Waals surface area contributed by atoms with Crippen molar-refractivity contribution in [3.05, 3.63) is 72.1 Å². The van der Waals surface area contributed by atoms with Crippen LogP contribution in [0.5, 0.6) is 0 Å². The van der Waals surface area contributed by atoms with E-state index in [0.29, 0.717) is 30.1 Å². The van der Waals surface area contributed by atoms with Gasteiger partial charge in [0.15, 0.2) is 0 Å². The topological polar surface area (TPSA) is 70.7 Å². The zero-order valence-electron chi connectivity index (χ0n) is 13.9. The van der Waals surface area contributed by atoms with Gasteiger partial charge in [-0.3, -0.25) is 9.69 Å². The molecule has 1 saturated heterocycles. The van der Waals surface area contributed by atoms with Crippen LogP contribution in [0.1, 0.15) is 6.92 Å². The van der Waals surface area contributed by atoms with E-state index in [2.05, 4.69) is 10.6 Å². The molecular weight excluding hydrogens is 318 g/mol. The number of nitrogens with zero attached hydrogens (tertiary/aromatic N) is 1. The maximum absolute atomic E-state index is 12.5. The number of benzene rings is 2. The van der Waals surface area contributed by atoms with Gasteiger partial charge in [-0.2, -0.15) is 0 Å². The molecule has 1 aliphatic heterocycles. The van der Waals surface area contributed by atoms with Crippen LogP contribution in [-0.2, 0) is 9.53 Å². The fraction of sp³-hybridized carbons (Fsp3) is 0.158. The summed E-state index contributed by atoms with van der Waals surface area (Å²) in [6.45, 7) is 2.39. The molecular formula is C19H19N3O3. The average Bonchev–Trinajstić information content (AvgIpc) is 3.12. The Morgan fingerprint density at radius 2 is 1.48 bits per heavy atom. The second kappa shape index (κ2) is 7.53. The number of carbonyl (C=O) groups is 2. The van der Waals surface area contributed by atoms with Crippen LogP contribution in [0.15, 0.2) is 72.1 Å². The summed E-state index contributed by atoms with van der Waals surface area (Å²) >= 11 is 0. The predicted octanol–water partition coefficient (Wildman–Crippen LogP) is 3.42. The van der Waals surface area contributed by atoms with Crippen molar-refractivity contribution in [2.45, 2.75) is 6.92 Å². The van der Waals surface area contributed by atoms with Gasteiger partial charge in [0.1, 0.15) is 6.61 Å². The molecule has 0 aliphatic carbocycles. The van der Waals surface area contributed by atoms with E-state index >= 15 is 0 Å². The highest BCUT2D eigenvalue weighted by Crippen LogP contribution is 2.21. The Kier molecular flexibility index (Phi) is 4.99. The Bertz CT molecular complexity index is 788. The van der Waals surface area contributed by atoms with Crippen molar-refractivity contribution in [3.63, 3.8) is 0 Å². The van der Waals surface area contributed by atoms with Crippen molar-refractivity contribution in [1.29, 1.82) is 0 Å². The Morgan fingerprint density at radius 1 is 0.920 bits per heavy atom. The zero-order valence-corrected chi connectivity index (χ0v) is 13.9. The first-order valence-corrected chi connectivity index (χ1v) is 7.99. The summed E-state index contributed by atoms with van der Waals surface area (Å²) in [7, 11) is 0. The molecule has 6 heteroatoms. The largest absolute Gasteiger partial charge is 0.476 e. The molecule has 1 heterocycles. The van der Waals surface area contributed by atoms with E-state index in [4.69, 9.17) is 4.74 Å². The number of rotatable bonds is 3. The van der Waals surface area contributed by atoms with Crippen LogP contribution in [0.2, 0.25) is 0 Å². The highest BCUT2D eigenvalue weighted by molar-refractivity contribution is 6.04. The molecule has 0 saturated carbocycles. The summed E-state index contributed by atoms with van der Waals surface area (Å²) in [6.07, 6.45) is 0. The molecule has 3 rings (SSSR count). The van der Waals surface area contributed by atoms with Gasteiger partial charge >= 0.3 is 6.03 Å². The van der Waals surface area contributed by atoms with Crippen LogP contribution in [0, 0.1) is 0 Å². The van der Waals surface area contributed by atoms with Gasteiger partial charge in [0.05, 0.1) is 12.1 Å². The molecule has 1 aliphatic rings. The number of amides is 3. The second-order valence-corrected chi connectivity index (χ2v) is 5.55. The molecule has 0 atom stereocenters. The standard InChI is InChI=1S/C19H19N3O3/c1-14(17(23)20-15-8-4-2-5-9-15)18-22(12-13-25-18)19(24)21-16-10-6-3-7-11-16/h2-11H,12-13H2,1H3,(H,20,23)(H,21,24)/b18-14-. The van der Waals surface area contributed by atoms with Gasteiger partial charge in [0.25, 0.3) is 5.91 Å². The average molecular weight is 337 g/mol. The fourth-order valence-corrected chi connectivity index (χ4v) is 2.47. The van der Waals surface area contributed by atoms with Crippen molar-refractivity contribution in [3.8, 4) is 0 Å². The lowest BCUT2D eigenvalue weighted by Gasteiger charge is -2.18. The Labute approximate surface area is 146 Å². The molecule has 25 heavy (non-hydrogen) atoms. The Morgan fingerprint density at radius 3 is 2.08 bits per heavy atom. The first kappa shape index (κ1) is 16.6. The monoisotopic (exact) mass is 337 g/mol. The van der Waals surface area contributed by atoms with E-state index in [0.717, 1.165) is 0 Å². The van der Waals surface area contributed by atoms with E-state index in [1.54, 1.807) is 31.2 Å². The van der Waals surface area contributed by atoms with Crippen molar-refractivity contribution in [1.82, 2.24) is 4.90 Å². The van der Waals surface area contributed by atoms with Crippen molar-refractivity contribution < 1.29 is 14.3 Å². The van der Waals surface area contributed by atoms with E-state index in [-0.39, 0.29) is 17.8 Å². The van der Waals surface area contributed by atoms with Crippen LogP contribution in [0.25, 0.3) is 0 Å². The summed E-state index contributed by atoms with van der Waals surface area (Å²) in [4.78, 5) is 26.3. The number of ether oxygens (including phenoxy) is 1. The van der Waals surface area contributed by atoms with Gasteiger partial charge in [0, 0.05) is 11.4 Å². The third-order valence-corrected chi connectivity index (χ3v) is 3.76. The molecule has 128 valence electrons. The molecule has 0 bridgehead atoms. The minimum Gasteiger partial charge on any atom is -0.476 e. The van der Waals surface area contributed by atoms with Gasteiger partial charge < -0.3 is 15.4 Å². The van der Waals surface area contributed by atoms with Crippen LogP contribution in [0.4, 0.5) is 16.2 Å². The molecule has 0 radical (unpaired) electrons. The molecule has 3 amide bonds.